The smallest absolute Gasteiger partial charge is 0.277 e. The van der Waals surface area contributed by atoms with E-state index in [0.717, 1.165) is 6.21 Å². The summed E-state index contributed by atoms with van der Waals surface area (Å²) in [5, 5.41) is 4.34. The van der Waals surface area contributed by atoms with Gasteiger partial charge in [-0.05, 0) is 30.3 Å². The van der Waals surface area contributed by atoms with E-state index in [1.165, 1.54) is 18.2 Å². The Balaban J connectivity index is 1.86. The van der Waals surface area contributed by atoms with Crippen molar-refractivity contribution in [2.45, 2.75) is 0 Å². The fourth-order valence-corrected chi connectivity index (χ4v) is 1.93. The molecule has 114 valence electrons. The lowest BCUT2D eigenvalue weighted by Gasteiger charge is -2.05. The van der Waals surface area contributed by atoms with E-state index >= 15 is 0 Å². The predicted octanol–water partition coefficient (Wildman–Crippen LogP) is 3.66. The first-order chi connectivity index (χ1) is 10.6. The summed E-state index contributed by atoms with van der Waals surface area (Å²) < 4.78 is 18.7. The molecule has 0 radical (unpaired) electrons. The second-order valence-corrected chi connectivity index (χ2v) is 5.02. The molecule has 0 unspecified atom stereocenters. The summed E-state index contributed by atoms with van der Waals surface area (Å²) in [5.74, 6) is -0.562. The van der Waals surface area contributed by atoms with Crippen LogP contribution < -0.4 is 10.2 Å². The van der Waals surface area contributed by atoms with Gasteiger partial charge in [0.2, 0.25) is 0 Å². The first-order valence-corrected chi connectivity index (χ1v) is 6.96. The van der Waals surface area contributed by atoms with Crippen LogP contribution in [0.4, 0.5) is 4.39 Å². The molecule has 2 rings (SSSR count). The molecule has 0 aliphatic heterocycles. The molecule has 2 aromatic rings. The molecular weight excluding hydrogens is 330 g/mol. The van der Waals surface area contributed by atoms with Crippen molar-refractivity contribution in [2.75, 3.05) is 6.61 Å². The Morgan fingerprint density at radius 1 is 1.27 bits per heavy atom. The Kier molecular flexibility index (Phi) is 5.75. The number of hydrazone groups is 1. The van der Waals surface area contributed by atoms with Crippen LogP contribution in [0.15, 0.2) is 47.6 Å². The summed E-state index contributed by atoms with van der Waals surface area (Å²) in [6.45, 7) is -0.247. The first kappa shape index (κ1) is 16.3. The number of ether oxygens (including phenoxy) is 1. The third-order valence-electron chi connectivity index (χ3n) is 2.55. The van der Waals surface area contributed by atoms with E-state index < -0.39 is 11.7 Å². The summed E-state index contributed by atoms with van der Waals surface area (Å²) in [6.07, 6.45) is 1.13. The fourth-order valence-electron chi connectivity index (χ4n) is 1.54. The summed E-state index contributed by atoms with van der Waals surface area (Å²) in [7, 11) is 0. The number of carbonyl (C=O) groups excluding carboxylic acids is 1. The number of rotatable bonds is 5. The van der Waals surface area contributed by atoms with E-state index in [2.05, 4.69) is 10.5 Å². The molecule has 0 bridgehead atoms. The largest absolute Gasteiger partial charge is 0.484 e. The molecule has 4 nitrogen and oxygen atoms in total. The molecule has 22 heavy (non-hydrogen) atoms. The van der Waals surface area contributed by atoms with E-state index in [-0.39, 0.29) is 17.2 Å². The zero-order chi connectivity index (χ0) is 15.9. The zero-order valence-electron chi connectivity index (χ0n) is 11.2. The quantitative estimate of drug-likeness (QED) is 0.667. The highest BCUT2D eigenvalue weighted by molar-refractivity contribution is 6.33. The second kappa shape index (κ2) is 7.77. The molecule has 0 saturated heterocycles. The average molecular weight is 341 g/mol. The summed E-state index contributed by atoms with van der Waals surface area (Å²) in [6, 6.07) is 10.9. The van der Waals surface area contributed by atoms with Crippen LogP contribution in [0.2, 0.25) is 10.0 Å². The van der Waals surface area contributed by atoms with Crippen molar-refractivity contribution in [3.63, 3.8) is 0 Å². The molecule has 0 saturated carbocycles. The van der Waals surface area contributed by atoms with Crippen LogP contribution in [-0.2, 0) is 4.79 Å². The highest BCUT2D eigenvalue weighted by Gasteiger charge is 2.05. The van der Waals surface area contributed by atoms with Gasteiger partial charge in [0.05, 0.1) is 11.2 Å². The molecule has 7 heteroatoms. The number of halogens is 3. The Hall–Kier alpha value is -2.11. The van der Waals surface area contributed by atoms with Crippen molar-refractivity contribution in [1.82, 2.24) is 5.43 Å². The van der Waals surface area contributed by atoms with Crippen LogP contribution in [0.25, 0.3) is 0 Å². The minimum Gasteiger partial charge on any atom is -0.484 e. The monoisotopic (exact) mass is 340 g/mol. The molecule has 1 amide bonds. The topological polar surface area (TPSA) is 50.7 Å². The van der Waals surface area contributed by atoms with Gasteiger partial charge in [0.25, 0.3) is 5.91 Å². The molecule has 0 heterocycles. The number of nitrogens with one attached hydrogen (secondary N) is 1. The van der Waals surface area contributed by atoms with Gasteiger partial charge in [-0.15, -0.1) is 0 Å². The minimum atomic E-state index is -0.527. The molecule has 0 aliphatic carbocycles. The highest BCUT2D eigenvalue weighted by atomic mass is 35.5. The van der Waals surface area contributed by atoms with Gasteiger partial charge in [0, 0.05) is 10.6 Å². The van der Waals surface area contributed by atoms with Gasteiger partial charge in [-0.2, -0.15) is 5.10 Å². The SMILES string of the molecule is O=C(COc1cccc(Cl)c1)NN=Cc1c(F)cccc1Cl. The number of benzene rings is 2. The molecule has 0 aliphatic rings. The van der Waals surface area contributed by atoms with Crippen molar-refractivity contribution < 1.29 is 13.9 Å². The molecular formula is C15H11Cl2FN2O2. The Morgan fingerprint density at radius 2 is 2.05 bits per heavy atom. The van der Waals surface area contributed by atoms with Gasteiger partial charge in [-0.1, -0.05) is 35.3 Å². The Morgan fingerprint density at radius 3 is 2.77 bits per heavy atom. The van der Waals surface area contributed by atoms with E-state index in [4.69, 9.17) is 27.9 Å². The number of hydrogen-bond acceptors (Lipinski definition) is 3. The van der Waals surface area contributed by atoms with Crippen molar-refractivity contribution >= 4 is 35.3 Å². The van der Waals surface area contributed by atoms with E-state index in [1.54, 1.807) is 24.3 Å². The Labute approximate surface area is 136 Å². The van der Waals surface area contributed by atoms with Crippen molar-refractivity contribution in [2.24, 2.45) is 5.10 Å². The molecule has 0 aromatic heterocycles. The van der Waals surface area contributed by atoms with Gasteiger partial charge >= 0.3 is 0 Å². The molecule has 1 N–H and O–H groups in total. The summed E-state index contributed by atoms with van der Waals surface area (Å²) in [5.41, 5.74) is 2.32. The number of amides is 1. The second-order valence-electron chi connectivity index (χ2n) is 4.17. The van der Waals surface area contributed by atoms with Gasteiger partial charge < -0.3 is 4.74 Å². The van der Waals surface area contributed by atoms with Gasteiger partial charge in [-0.3, -0.25) is 4.79 Å². The Bertz CT molecular complexity index is 687. The molecule has 0 fully saturated rings. The minimum absolute atomic E-state index is 0.0974. The first-order valence-electron chi connectivity index (χ1n) is 6.20. The number of nitrogens with zero attached hydrogens (tertiary/aromatic N) is 1. The van der Waals surface area contributed by atoms with Crippen molar-refractivity contribution in [3.05, 3.63) is 63.9 Å². The average Bonchev–Trinajstić information content (AvgIpc) is 2.48. The molecule has 2 aromatic carbocycles. The van der Waals surface area contributed by atoms with Crippen LogP contribution >= 0.6 is 23.2 Å². The highest BCUT2D eigenvalue weighted by Crippen LogP contribution is 2.17. The standard InChI is InChI=1S/C15H11Cl2FN2O2/c16-10-3-1-4-11(7-10)22-9-15(21)20-19-8-12-13(17)5-2-6-14(12)18/h1-8H,9H2,(H,20,21). The normalized spacial score (nSPS) is 10.7. The van der Waals surface area contributed by atoms with Crippen LogP contribution in [0.1, 0.15) is 5.56 Å². The van der Waals surface area contributed by atoms with Crippen LogP contribution in [-0.4, -0.2) is 18.7 Å². The lowest BCUT2D eigenvalue weighted by atomic mass is 10.2. The van der Waals surface area contributed by atoms with E-state index in [0.29, 0.717) is 10.8 Å². The third kappa shape index (κ3) is 4.72. The maximum absolute atomic E-state index is 13.5. The zero-order valence-corrected chi connectivity index (χ0v) is 12.7. The van der Waals surface area contributed by atoms with Gasteiger partial charge in [-0.25, -0.2) is 9.82 Å². The van der Waals surface area contributed by atoms with Gasteiger partial charge in [0.15, 0.2) is 6.61 Å². The van der Waals surface area contributed by atoms with Gasteiger partial charge in [0.1, 0.15) is 11.6 Å². The van der Waals surface area contributed by atoms with Crippen LogP contribution in [0.5, 0.6) is 5.75 Å². The maximum Gasteiger partial charge on any atom is 0.277 e. The lowest BCUT2D eigenvalue weighted by Crippen LogP contribution is -2.24. The third-order valence-corrected chi connectivity index (χ3v) is 3.11. The summed E-state index contributed by atoms with van der Waals surface area (Å²) in [4.78, 5) is 11.6. The molecule has 0 atom stereocenters. The van der Waals surface area contributed by atoms with Crippen molar-refractivity contribution in [3.8, 4) is 5.75 Å². The maximum atomic E-state index is 13.5. The van der Waals surface area contributed by atoms with E-state index in [1.807, 2.05) is 0 Å². The number of hydrogen-bond donors (Lipinski definition) is 1. The van der Waals surface area contributed by atoms with Crippen molar-refractivity contribution in [1.29, 1.82) is 0 Å². The summed E-state index contributed by atoms with van der Waals surface area (Å²) >= 11 is 11.6. The van der Waals surface area contributed by atoms with Crippen LogP contribution in [0, 0.1) is 5.82 Å². The lowest BCUT2D eigenvalue weighted by molar-refractivity contribution is -0.123. The van der Waals surface area contributed by atoms with E-state index in [9.17, 15) is 9.18 Å². The predicted molar refractivity (Wildman–Crippen MR) is 84.1 cm³/mol. The number of carbonyl (C=O) groups is 1. The molecule has 0 spiro atoms. The van der Waals surface area contributed by atoms with Crippen LogP contribution in [0.3, 0.4) is 0 Å². The fraction of sp³-hybridized carbons (Fsp3) is 0.0667.